The molecule has 3 aromatic rings. The first-order chi connectivity index (χ1) is 13.5. The Balaban J connectivity index is 1.63. The van der Waals surface area contributed by atoms with Crippen molar-refractivity contribution in [1.82, 2.24) is 15.0 Å². The number of aromatic nitrogens is 2. The number of piperazine rings is 1. The summed E-state index contributed by atoms with van der Waals surface area (Å²) in [6.07, 6.45) is -0.870. The molecule has 2 aromatic carbocycles. The van der Waals surface area contributed by atoms with Crippen molar-refractivity contribution in [2.24, 2.45) is 0 Å². The first kappa shape index (κ1) is 18.5. The third-order valence-corrected chi connectivity index (χ3v) is 5.74. The zero-order valence-corrected chi connectivity index (χ0v) is 16.9. The Morgan fingerprint density at radius 1 is 1.11 bits per heavy atom. The molecule has 0 unspecified atom stereocenters. The number of hydrogen-bond donors (Lipinski definition) is 1. The van der Waals surface area contributed by atoms with Gasteiger partial charge in [0, 0.05) is 47.5 Å². The molecule has 0 saturated carbocycles. The average Bonchev–Trinajstić information content (AvgIpc) is 3.21. The number of rotatable bonds is 3. The Labute approximate surface area is 170 Å². The van der Waals surface area contributed by atoms with Gasteiger partial charge in [0.25, 0.3) is 5.89 Å². The fourth-order valence-corrected chi connectivity index (χ4v) is 3.75. The van der Waals surface area contributed by atoms with Gasteiger partial charge in [0.1, 0.15) is 0 Å². The molecule has 2 heterocycles. The van der Waals surface area contributed by atoms with E-state index in [0.717, 1.165) is 26.9 Å². The number of carbonyl (C=O) groups is 1. The molecule has 144 valence electrons. The minimum absolute atomic E-state index is 0.449. The summed E-state index contributed by atoms with van der Waals surface area (Å²) < 4.78 is 6.45. The van der Waals surface area contributed by atoms with Crippen LogP contribution < -0.4 is 4.90 Å². The molecule has 0 bridgehead atoms. The number of carboxylic acid groups (broad SMARTS) is 1. The van der Waals surface area contributed by atoms with Crippen molar-refractivity contribution in [2.75, 3.05) is 31.1 Å². The summed E-state index contributed by atoms with van der Waals surface area (Å²) in [5.41, 5.74) is 3.85. The fourth-order valence-electron chi connectivity index (χ4n) is 3.30. The van der Waals surface area contributed by atoms with E-state index in [2.05, 4.69) is 31.0 Å². The van der Waals surface area contributed by atoms with E-state index in [0.29, 0.717) is 37.9 Å². The molecule has 1 aromatic heterocycles. The minimum atomic E-state index is -0.870. The molecule has 7 nitrogen and oxygen atoms in total. The van der Waals surface area contributed by atoms with E-state index in [4.69, 9.17) is 9.63 Å². The highest BCUT2D eigenvalue weighted by Crippen LogP contribution is 2.34. The molecule has 0 atom stereocenters. The maximum absolute atomic E-state index is 11.1. The van der Waals surface area contributed by atoms with E-state index in [1.807, 2.05) is 49.4 Å². The lowest BCUT2D eigenvalue weighted by atomic mass is 10.1. The van der Waals surface area contributed by atoms with Gasteiger partial charge in [0.05, 0.1) is 0 Å². The maximum atomic E-state index is 11.1. The van der Waals surface area contributed by atoms with Crippen molar-refractivity contribution in [2.45, 2.75) is 6.92 Å². The van der Waals surface area contributed by atoms with Gasteiger partial charge in [0.2, 0.25) is 5.82 Å². The van der Waals surface area contributed by atoms with Crippen molar-refractivity contribution < 1.29 is 14.4 Å². The third kappa shape index (κ3) is 3.60. The van der Waals surface area contributed by atoms with Crippen molar-refractivity contribution >= 4 is 27.7 Å². The standard InChI is InChI=1S/C20H19BrN4O3/c1-13-16(21)11-15(12-17(13)24-7-9-25(10-8-24)20(26)27)19-22-18(23-28-19)14-5-3-2-4-6-14/h2-6,11-12H,7-10H2,1H3,(H,26,27). The molecule has 1 aliphatic heterocycles. The predicted octanol–water partition coefficient (Wildman–Crippen LogP) is 4.27. The molecule has 1 aliphatic rings. The van der Waals surface area contributed by atoms with Gasteiger partial charge in [-0.15, -0.1) is 0 Å². The van der Waals surface area contributed by atoms with Crippen LogP contribution >= 0.6 is 15.9 Å². The Bertz CT molecular complexity index is 998. The van der Waals surface area contributed by atoms with Gasteiger partial charge < -0.3 is 19.4 Å². The highest BCUT2D eigenvalue weighted by molar-refractivity contribution is 9.10. The molecule has 1 amide bonds. The second-order valence-electron chi connectivity index (χ2n) is 6.65. The smallest absolute Gasteiger partial charge is 0.407 e. The van der Waals surface area contributed by atoms with Crippen molar-refractivity contribution in [3.63, 3.8) is 0 Å². The second kappa shape index (κ2) is 7.63. The first-order valence-electron chi connectivity index (χ1n) is 8.95. The van der Waals surface area contributed by atoms with Crippen LogP contribution in [0, 0.1) is 6.92 Å². The molecule has 4 rings (SSSR count). The van der Waals surface area contributed by atoms with E-state index < -0.39 is 6.09 Å². The van der Waals surface area contributed by atoms with Crippen LogP contribution in [-0.4, -0.2) is 52.4 Å². The summed E-state index contributed by atoms with van der Waals surface area (Å²) in [6.45, 7) is 4.28. The van der Waals surface area contributed by atoms with Crippen LogP contribution in [0.2, 0.25) is 0 Å². The van der Waals surface area contributed by atoms with Gasteiger partial charge >= 0.3 is 6.09 Å². The Kier molecular flexibility index (Phi) is 5.04. The van der Waals surface area contributed by atoms with E-state index in [9.17, 15) is 4.79 Å². The van der Waals surface area contributed by atoms with Gasteiger partial charge in [-0.25, -0.2) is 4.79 Å². The van der Waals surface area contributed by atoms with Crippen LogP contribution in [0.3, 0.4) is 0 Å². The molecule has 8 heteroatoms. The highest BCUT2D eigenvalue weighted by atomic mass is 79.9. The van der Waals surface area contributed by atoms with Crippen LogP contribution in [0.25, 0.3) is 22.8 Å². The molecule has 28 heavy (non-hydrogen) atoms. The summed E-state index contributed by atoms with van der Waals surface area (Å²) in [5, 5.41) is 13.3. The first-order valence-corrected chi connectivity index (χ1v) is 9.74. The monoisotopic (exact) mass is 442 g/mol. The fraction of sp³-hybridized carbons (Fsp3) is 0.250. The van der Waals surface area contributed by atoms with Crippen LogP contribution in [0.1, 0.15) is 5.56 Å². The van der Waals surface area contributed by atoms with Crippen molar-refractivity contribution in [3.05, 3.63) is 52.5 Å². The number of hydrogen-bond acceptors (Lipinski definition) is 5. The maximum Gasteiger partial charge on any atom is 0.407 e. The normalized spacial score (nSPS) is 14.4. The Hall–Kier alpha value is -2.87. The van der Waals surface area contributed by atoms with E-state index in [-0.39, 0.29) is 0 Å². The Morgan fingerprint density at radius 2 is 1.82 bits per heavy atom. The zero-order valence-electron chi connectivity index (χ0n) is 15.3. The van der Waals surface area contributed by atoms with E-state index in [1.165, 1.54) is 4.90 Å². The van der Waals surface area contributed by atoms with Gasteiger partial charge in [0.15, 0.2) is 0 Å². The number of nitrogens with zero attached hydrogens (tertiary/aromatic N) is 4. The lowest BCUT2D eigenvalue weighted by molar-refractivity contribution is 0.142. The van der Waals surface area contributed by atoms with Gasteiger partial charge in [-0.2, -0.15) is 4.98 Å². The number of halogens is 1. The molecule has 1 N–H and O–H groups in total. The SMILES string of the molecule is Cc1c(Br)cc(-c2nc(-c3ccccc3)no2)cc1N1CCN(C(=O)O)CC1. The molecular formula is C20H19BrN4O3. The van der Waals surface area contributed by atoms with Crippen molar-refractivity contribution in [1.29, 1.82) is 0 Å². The van der Waals surface area contributed by atoms with E-state index in [1.54, 1.807) is 0 Å². The summed E-state index contributed by atoms with van der Waals surface area (Å²) >= 11 is 3.63. The highest BCUT2D eigenvalue weighted by Gasteiger charge is 2.23. The second-order valence-corrected chi connectivity index (χ2v) is 7.50. The average molecular weight is 443 g/mol. The molecule has 1 fully saturated rings. The van der Waals surface area contributed by atoms with Gasteiger partial charge in [-0.3, -0.25) is 0 Å². The third-order valence-electron chi connectivity index (χ3n) is 4.91. The molecule has 0 spiro atoms. The predicted molar refractivity (Wildman–Crippen MR) is 109 cm³/mol. The molecule has 1 saturated heterocycles. The quantitative estimate of drug-likeness (QED) is 0.651. The number of amides is 1. The summed E-state index contributed by atoms with van der Waals surface area (Å²) in [7, 11) is 0. The van der Waals surface area contributed by atoms with Crippen LogP contribution in [0.5, 0.6) is 0 Å². The molecule has 0 radical (unpaired) electrons. The zero-order chi connectivity index (χ0) is 19.7. The minimum Gasteiger partial charge on any atom is -0.465 e. The number of anilines is 1. The lowest BCUT2D eigenvalue weighted by Gasteiger charge is -2.35. The summed E-state index contributed by atoms with van der Waals surface area (Å²) in [4.78, 5) is 19.3. The van der Waals surface area contributed by atoms with Crippen LogP contribution in [0.4, 0.5) is 10.5 Å². The van der Waals surface area contributed by atoms with Crippen molar-refractivity contribution in [3.8, 4) is 22.8 Å². The largest absolute Gasteiger partial charge is 0.465 e. The van der Waals surface area contributed by atoms with Gasteiger partial charge in [-0.05, 0) is 24.6 Å². The lowest BCUT2D eigenvalue weighted by Crippen LogP contribution is -2.48. The number of benzene rings is 2. The molecular weight excluding hydrogens is 424 g/mol. The van der Waals surface area contributed by atoms with Gasteiger partial charge in [-0.1, -0.05) is 51.4 Å². The topological polar surface area (TPSA) is 82.7 Å². The Morgan fingerprint density at radius 3 is 2.50 bits per heavy atom. The van der Waals surface area contributed by atoms with Crippen LogP contribution in [0.15, 0.2) is 51.5 Å². The van der Waals surface area contributed by atoms with Crippen LogP contribution in [-0.2, 0) is 0 Å². The van der Waals surface area contributed by atoms with E-state index >= 15 is 0 Å². The summed E-state index contributed by atoms with van der Waals surface area (Å²) in [5.74, 6) is 0.994. The summed E-state index contributed by atoms with van der Waals surface area (Å²) in [6, 6.07) is 13.7. The molecule has 0 aliphatic carbocycles.